The van der Waals surface area contributed by atoms with Gasteiger partial charge in [0, 0.05) is 26.2 Å². The van der Waals surface area contributed by atoms with Crippen molar-refractivity contribution in [2.24, 2.45) is 5.92 Å². The summed E-state index contributed by atoms with van der Waals surface area (Å²) in [6, 6.07) is -1.10. The fraction of sp³-hybridized carbons (Fsp3) is 0.769. The standard InChI is InChI=1S/C13H21N3O4/c1-2-9-3-5-15(8-9)13(20)16-6-4-14-12(19)10(16)7-11(17)18/h9-10H,2-8H2,1H3,(H,14,19)(H,17,18). The highest BCUT2D eigenvalue weighted by Crippen LogP contribution is 2.22. The highest BCUT2D eigenvalue weighted by Gasteiger charge is 2.38. The van der Waals surface area contributed by atoms with Gasteiger partial charge in [-0.1, -0.05) is 13.3 Å². The Balaban J connectivity index is 2.06. The van der Waals surface area contributed by atoms with Gasteiger partial charge in [-0.15, -0.1) is 0 Å². The smallest absolute Gasteiger partial charge is 0.320 e. The molecule has 3 amide bonds. The fourth-order valence-corrected chi connectivity index (χ4v) is 2.83. The Morgan fingerprint density at radius 3 is 2.75 bits per heavy atom. The zero-order valence-electron chi connectivity index (χ0n) is 11.7. The maximum absolute atomic E-state index is 12.5. The van der Waals surface area contributed by atoms with Crippen molar-refractivity contribution in [2.75, 3.05) is 26.2 Å². The molecule has 2 aliphatic heterocycles. The monoisotopic (exact) mass is 283 g/mol. The van der Waals surface area contributed by atoms with Gasteiger partial charge in [0.05, 0.1) is 6.42 Å². The van der Waals surface area contributed by atoms with Gasteiger partial charge in [0.25, 0.3) is 0 Å². The van der Waals surface area contributed by atoms with Crippen LogP contribution in [0, 0.1) is 5.92 Å². The van der Waals surface area contributed by atoms with Crippen molar-refractivity contribution in [2.45, 2.75) is 32.2 Å². The number of nitrogens with one attached hydrogen (secondary N) is 1. The van der Waals surface area contributed by atoms with Crippen molar-refractivity contribution in [3.8, 4) is 0 Å². The molecule has 0 saturated carbocycles. The Morgan fingerprint density at radius 2 is 2.15 bits per heavy atom. The van der Waals surface area contributed by atoms with E-state index in [0.29, 0.717) is 32.1 Å². The highest BCUT2D eigenvalue weighted by molar-refractivity contribution is 5.91. The summed E-state index contributed by atoms with van der Waals surface area (Å²) in [5.41, 5.74) is 0. The number of carbonyl (C=O) groups excluding carboxylic acids is 2. The minimum atomic E-state index is -1.07. The summed E-state index contributed by atoms with van der Waals surface area (Å²) >= 11 is 0. The van der Waals surface area contributed by atoms with Crippen molar-refractivity contribution in [1.82, 2.24) is 15.1 Å². The van der Waals surface area contributed by atoms with E-state index in [9.17, 15) is 14.4 Å². The first-order chi connectivity index (χ1) is 9.52. The third kappa shape index (κ3) is 3.02. The first-order valence-electron chi connectivity index (χ1n) is 7.08. The molecular weight excluding hydrogens is 262 g/mol. The van der Waals surface area contributed by atoms with Crippen molar-refractivity contribution in [1.29, 1.82) is 0 Å². The van der Waals surface area contributed by atoms with Crippen molar-refractivity contribution >= 4 is 17.9 Å². The van der Waals surface area contributed by atoms with Gasteiger partial charge in [-0.3, -0.25) is 9.59 Å². The number of piperazine rings is 1. The van der Waals surface area contributed by atoms with Gasteiger partial charge in [-0.2, -0.15) is 0 Å². The molecule has 7 nitrogen and oxygen atoms in total. The maximum Gasteiger partial charge on any atom is 0.320 e. The van der Waals surface area contributed by atoms with Crippen molar-refractivity contribution < 1.29 is 19.5 Å². The summed E-state index contributed by atoms with van der Waals surface area (Å²) in [6.45, 7) is 4.24. The van der Waals surface area contributed by atoms with Crippen molar-refractivity contribution in [3.63, 3.8) is 0 Å². The topological polar surface area (TPSA) is 90.0 Å². The van der Waals surface area contributed by atoms with Crippen LogP contribution in [-0.4, -0.2) is 65.0 Å². The summed E-state index contributed by atoms with van der Waals surface area (Å²) in [5, 5.41) is 11.5. The molecule has 2 aliphatic rings. The minimum Gasteiger partial charge on any atom is -0.481 e. The SMILES string of the molecule is CCC1CCN(C(=O)N2CCNC(=O)C2CC(=O)O)C1. The molecule has 0 radical (unpaired) electrons. The first-order valence-corrected chi connectivity index (χ1v) is 7.08. The number of urea groups is 1. The Hall–Kier alpha value is -1.79. The zero-order chi connectivity index (χ0) is 14.7. The Labute approximate surface area is 117 Å². The van der Waals surface area contributed by atoms with E-state index in [1.807, 2.05) is 0 Å². The van der Waals surface area contributed by atoms with Crippen LogP contribution in [0.15, 0.2) is 0 Å². The molecule has 2 unspecified atom stereocenters. The number of carboxylic acid groups (broad SMARTS) is 1. The number of carboxylic acids is 1. The number of hydrogen-bond donors (Lipinski definition) is 2. The molecule has 2 atom stereocenters. The Bertz CT molecular complexity index is 412. The second-order valence-corrected chi connectivity index (χ2v) is 5.39. The number of carbonyl (C=O) groups is 3. The second kappa shape index (κ2) is 6.11. The van der Waals surface area contributed by atoms with Crippen LogP contribution in [0.2, 0.25) is 0 Å². The fourth-order valence-electron chi connectivity index (χ4n) is 2.83. The molecule has 0 aromatic rings. The second-order valence-electron chi connectivity index (χ2n) is 5.39. The van der Waals surface area contributed by atoms with Crippen LogP contribution < -0.4 is 5.32 Å². The van der Waals surface area contributed by atoms with E-state index in [1.165, 1.54) is 4.90 Å². The average molecular weight is 283 g/mol. The van der Waals surface area contributed by atoms with Crippen LogP contribution >= 0.6 is 0 Å². The molecule has 0 aromatic heterocycles. The molecule has 2 heterocycles. The highest BCUT2D eigenvalue weighted by atomic mass is 16.4. The molecule has 0 spiro atoms. The van der Waals surface area contributed by atoms with Gasteiger partial charge < -0.3 is 20.2 Å². The van der Waals surface area contributed by atoms with E-state index in [2.05, 4.69) is 12.2 Å². The van der Waals surface area contributed by atoms with E-state index < -0.39 is 12.0 Å². The van der Waals surface area contributed by atoms with Crippen LogP contribution in [0.4, 0.5) is 4.79 Å². The van der Waals surface area contributed by atoms with E-state index in [0.717, 1.165) is 12.8 Å². The van der Waals surface area contributed by atoms with E-state index >= 15 is 0 Å². The normalized spacial score (nSPS) is 26.6. The van der Waals surface area contributed by atoms with Gasteiger partial charge in [-0.05, 0) is 12.3 Å². The predicted octanol–water partition coefficient (Wildman–Crippen LogP) is 0.113. The zero-order valence-corrected chi connectivity index (χ0v) is 11.7. The van der Waals surface area contributed by atoms with Gasteiger partial charge in [0.1, 0.15) is 6.04 Å². The average Bonchev–Trinajstić information content (AvgIpc) is 2.88. The number of likely N-dealkylation sites (tertiary alicyclic amines) is 1. The number of nitrogens with zero attached hydrogens (tertiary/aromatic N) is 2. The number of hydrogen-bond acceptors (Lipinski definition) is 3. The molecule has 2 rings (SSSR count). The summed E-state index contributed by atoms with van der Waals surface area (Å²) in [5.74, 6) is -0.938. The summed E-state index contributed by atoms with van der Waals surface area (Å²) in [4.78, 5) is 38.3. The molecule has 2 saturated heterocycles. The summed E-state index contributed by atoms with van der Waals surface area (Å²) < 4.78 is 0. The molecule has 7 heteroatoms. The maximum atomic E-state index is 12.5. The van der Waals surface area contributed by atoms with Crippen LogP contribution in [0.5, 0.6) is 0 Å². The van der Waals surface area contributed by atoms with Crippen LogP contribution in [0.25, 0.3) is 0 Å². The van der Waals surface area contributed by atoms with E-state index in [1.54, 1.807) is 4.90 Å². The Morgan fingerprint density at radius 1 is 1.40 bits per heavy atom. The summed E-state index contributed by atoms with van der Waals surface area (Å²) in [6.07, 6.45) is 1.66. The van der Waals surface area contributed by atoms with Gasteiger partial charge >= 0.3 is 12.0 Å². The van der Waals surface area contributed by atoms with Crippen LogP contribution in [0.1, 0.15) is 26.2 Å². The number of amides is 3. The quantitative estimate of drug-likeness (QED) is 0.769. The van der Waals surface area contributed by atoms with Crippen molar-refractivity contribution in [3.05, 3.63) is 0 Å². The molecule has 0 aromatic carbocycles. The molecule has 112 valence electrons. The lowest BCUT2D eigenvalue weighted by molar-refractivity contribution is -0.142. The lowest BCUT2D eigenvalue weighted by Gasteiger charge is -2.36. The van der Waals surface area contributed by atoms with E-state index in [-0.39, 0.29) is 18.4 Å². The molecule has 0 bridgehead atoms. The summed E-state index contributed by atoms with van der Waals surface area (Å²) in [7, 11) is 0. The lowest BCUT2D eigenvalue weighted by Crippen LogP contribution is -2.60. The predicted molar refractivity (Wildman–Crippen MR) is 71.1 cm³/mol. The van der Waals surface area contributed by atoms with Gasteiger partial charge in [-0.25, -0.2) is 4.79 Å². The largest absolute Gasteiger partial charge is 0.481 e. The van der Waals surface area contributed by atoms with Gasteiger partial charge in [0.2, 0.25) is 5.91 Å². The van der Waals surface area contributed by atoms with Crippen LogP contribution in [-0.2, 0) is 9.59 Å². The van der Waals surface area contributed by atoms with Gasteiger partial charge in [0.15, 0.2) is 0 Å². The first kappa shape index (κ1) is 14.6. The third-order valence-electron chi connectivity index (χ3n) is 4.08. The number of rotatable bonds is 3. The molecule has 20 heavy (non-hydrogen) atoms. The lowest BCUT2D eigenvalue weighted by atomic mass is 10.1. The Kier molecular flexibility index (Phi) is 4.46. The number of aliphatic carboxylic acids is 1. The molecule has 2 N–H and O–H groups in total. The van der Waals surface area contributed by atoms with Crippen LogP contribution in [0.3, 0.4) is 0 Å². The third-order valence-corrected chi connectivity index (χ3v) is 4.08. The van der Waals surface area contributed by atoms with E-state index in [4.69, 9.17) is 5.11 Å². The molecule has 2 fully saturated rings. The molecule has 0 aliphatic carbocycles. The molecular formula is C13H21N3O4. The minimum absolute atomic E-state index is 0.206.